The molecule has 4 rings (SSSR count). The number of methoxy groups -OCH3 is 1. The molecule has 0 spiro atoms. The predicted octanol–water partition coefficient (Wildman–Crippen LogP) is 3.19. The second-order valence-corrected chi connectivity index (χ2v) is 11.4. The van der Waals surface area contributed by atoms with Gasteiger partial charge in [0.1, 0.15) is 6.10 Å². The van der Waals surface area contributed by atoms with E-state index in [1.807, 2.05) is 13.0 Å². The van der Waals surface area contributed by atoms with Gasteiger partial charge in [0.15, 0.2) is 17.2 Å². The fourth-order valence-corrected chi connectivity index (χ4v) is 6.72. The third-order valence-corrected chi connectivity index (χ3v) is 8.59. The van der Waals surface area contributed by atoms with Gasteiger partial charge in [-0.2, -0.15) is 0 Å². The van der Waals surface area contributed by atoms with Crippen LogP contribution < -0.4 is 0 Å². The van der Waals surface area contributed by atoms with E-state index in [-0.39, 0.29) is 6.42 Å². The highest BCUT2D eigenvalue weighted by molar-refractivity contribution is 6.16. The molecule has 1 aromatic rings. The largest absolute Gasteiger partial charge is 0.472 e. The maximum Gasteiger partial charge on any atom is 0.347 e. The van der Waals surface area contributed by atoms with Gasteiger partial charge >= 0.3 is 17.9 Å². The number of carbonyl (C=O) groups excluding carboxylic acids is 5. The lowest BCUT2D eigenvalue weighted by Gasteiger charge is -2.50. The minimum atomic E-state index is -2.44. The number of aliphatic hydroxyl groups is 1. The summed E-state index contributed by atoms with van der Waals surface area (Å²) < 4.78 is 20.9. The smallest absolute Gasteiger partial charge is 0.347 e. The fraction of sp³-hybridized carbons (Fsp3) is 0.552. The third kappa shape index (κ3) is 4.54. The first kappa shape index (κ1) is 28.5. The Morgan fingerprint density at radius 3 is 2.49 bits per heavy atom. The number of ketones is 2. The number of ether oxygens (including phenoxy) is 3. The Hall–Kier alpha value is -3.53. The van der Waals surface area contributed by atoms with Crippen LogP contribution in [-0.2, 0) is 38.2 Å². The molecular formula is C29H34O10. The quantitative estimate of drug-likeness (QED) is 0.323. The van der Waals surface area contributed by atoms with Crippen LogP contribution in [0.15, 0.2) is 46.3 Å². The highest BCUT2D eigenvalue weighted by atomic mass is 16.6. The van der Waals surface area contributed by atoms with Gasteiger partial charge in [-0.15, -0.1) is 0 Å². The Bertz CT molecular complexity index is 1270. The minimum absolute atomic E-state index is 0.353. The van der Waals surface area contributed by atoms with E-state index in [2.05, 4.69) is 0 Å². The van der Waals surface area contributed by atoms with Crippen LogP contribution in [0.3, 0.4) is 0 Å². The van der Waals surface area contributed by atoms with Gasteiger partial charge in [-0.25, -0.2) is 9.59 Å². The van der Waals surface area contributed by atoms with Crippen molar-refractivity contribution in [1.29, 1.82) is 0 Å². The van der Waals surface area contributed by atoms with E-state index in [1.165, 1.54) is 39.4 Å². The third-order valence-electron chi connectivity index (χ3n) is 8.59. The first-order valence-electron chi connectivity index (χ1n) is 12.9. The Kier molecular flexibility index (Phi) is 7.23. The minimum Gasteiger partial charge on any atom is -0.472 e. The normalized spacial score (nSPS) is 32.8. The molecule has 1 N–H and O–H groups in total. The molecular weight excluding hydrogens is 508 g/mol. The van der Waals surface area contributed by atoms with E-state index in [9.17, 15) is 29.1 Å². The second kappa shape index (κ2) is 9.89. The summed E-state index contributed by atoms with van der Waals surface area (Å²) >= 11 is 0. The van der Waals surface area contributed by atoms with E-state index in [4.69, 9.17) is 18.6 Å². The molecule has 0 amide bonds. The highest BCUT2D eigenvalue weighted by Crippen LogP contribution is 2.56. The van der Waals surface area contributed by atoms with Crippen LogP contribution in [0.4, 0.5) is 0 Å². The summed E-state index contributed by atoms with van der Waals surface area (Å²) in [7, 11) is 1.12. The van der Waals surface area contributed by atoms with Crippen LogP contribution in [0, 0.1) is 22.7 Å². The molecule has 10 heteroatoms. The molecule has 0 aromatic carbocycles. The Morgan fingerprint density at radius 2 is 1.90 bits per heavy atom. The van der Waals surface area contributed by atoms with Crippen LogP contribution in [0.5, 0.6) is 0 Å². The first-order chi connectivity index (χ1) is 18.2. The molecule has 39 heavy (non-hydrogen) atoms. The van der Waals surface area contributed by atoms with Crippen molar-refractivity contribution in [1.82, 2.24) is 0 Å². The van der Waals surface area contributed by atoms with Gasteiger partial charge in [0.25, 0.3) is 0 Å². The van der Waals surface area contributed by atoms with Crippen molar-refractivity contribution in [3.8, 4) is 0 Å². The molecule has 2 heterocycles. The molecule has 0 saturated heterocycles. The van der Waals surface area contributed by atoms with Gasteiger partial charge in [-0.05, 0) is 30.1 Å². The summed E-state index contributed by atoms with van der Waals surface area (Å²) in [6.07, 6.45) is 4.85. The van der Waals surface area contributed by atoms with Crippen LogP contribution in [0.2, 0.25) is 0 Å². The number of carbonyl (C=O) groups is 5. The first-order valence-corrected chi connectivity index (χ1v) is 12.9. The fourth-order valence-electron chi connectivity index (χ4n) is 6.72. The van der Waals surface area contributed by atoms with Gasteiger partial charge in [0, 0.05) is 47.6 Å². The van der Waals surface area contributed by atoms with Crippen LogP contribution in [-0.4, -0.2) is 53.4 Å². The Morgan fingerprint density at radius 1 is 1.21 bits per heavy atom. The maximum absolute atomic E-state index is 14.0. The van der Waals surface area contributed by atoms with Gasteiger partial charge in [0.05, 0.1) is 19.6 Å². The predicted molar refractivity (Wildman–Crippen MR) is 135 cm³/mol. The summed E-state index contributed by atoms with van der Waals surface area (Å²) in [4.78, 5) is 64.7. The van der Waals surface area contributed by atoms with Gasteiger partial charge in [0.2, 0.25) is 6.10 Å². The lowest BCUT2D eigenvalue weighted by Crippen LogP contribution is -2.66. The van der Waals surface area contributed by atoms with Crippen LogP contribution >= 0.6 is 0 Å². The van der Waals surface area contributed by atoms with Crippen molar-refractivity contribution in [2.24, 2.45) is 22.7 Å². The molecule has 0 bridgehead atoms. The molecule has 3 aliphatic rings. The average Bonchev–Trinajstić information content (AvgIpc) is 3.40. The Labute approximate surface area is 226 Å². The molecule has 210 valence electrons. The molecule has 6 atom stereocenters. The molecule has 1 fully saturated rings. The van der Waals surface area contributed by atoms with Crippen LogP contribution in [0.25, 0.3) is 0 Å². The van der Waals surface area contributed by atoms with Gasteiger partial charge < -0.3 is 23.7 Å². The van der Waals surface area contributed by atoms with Crippen molar-refractivity contribution in [2.75, 3.05) is 7.11 Å². The SMILES string of the molecule is COC(=O)[C@H](OC(C)=O)[C@@H]1[C@H](C)C(=O)[C@@](O)(CC2=CCC[C@]3(C)C2=CC(=O)O[C@H]3c2ccoc2)C(=O)C1(C)C. The summed E-state index contributed by atoms with van der Waals surface area (Å²) in [6, 6.07) is 1.72. The zero-order valence-corrected chi connectivity index (χ0v) is 22.9. The monoisotopic (exact) mass is 542 g/mol. The summed E-state index contributed by atoms with van der Waals surface area (Å²) in [5.41, 5.74) is -2.82. The van der Waals surface area contributed by atoms with E-state index < -0.39 is 69.9 Å². The number of fused-ring (bicyclic) bond motifs is 1. The Balaban J connectivity index is 1.72. The van der Waals surface area contributed by atoms with Crippen molar-refractivity contribution < 1.29 is 47.7 Å². The number of esters is 3. The number of furan rings is 1. The number of hydrogen-bond donors (Lipinski definition) is 1. The van der Waals surface area contributed by atoms with Crippen molar-refractivity contribution in [3.63, 3.8) is 0 Å². The van der Waals surface area contributed by atoms with E-state index in [1.54, 1.807) is 6.07 Å². The number of Topliss-reactive ketones (excluding diaryl/α,β-unsaturated/α-hetero) is 2. The van der Waals surface area contributed by atoms with Gasteiger partial charge in [-0.3, -0.25) is 14.4 Å². The molecule has 0 unspecified atom stereocenters. The lowest BCUT2D eigenvalue weighted by atomic mass is 9.54. The van der Waals surface area contributed by atoms with Crippen molar-refractivity contribution in [3.05, 3.63) is 47.5 Å². The van der Waals surface area contributed by atoms with Crippen LogP contribution in [0.1, 0.15) is 65.5 Å². The zero-order valence-electron chi connectivity index (χ0n) is 22.9. The average molecular weight is 543 g/mol. The summed E-state index contributed by atoms with van der Waals surface area (Å²) in [5.74, 6) is -5.98. The van der Waals surface area contributed by atoms with Crippen molar-refractivity contribution >= 4 is 29.5 Å². The van der Waals surface area contributed by atoms with E-state index >= 15 is 0 Å². The number of cyclic esters (lactones) is 1. The number of hydrogen-bond acceptors (Lipinski definition) is 10. The maximum atomic E-state index is 14.0. The molecule has 2 aliphatic carbocycles. The zero-order chi connectivity index (χ0) is 28.9. The topological polar surface area (TPSA) is 146 Å². The standard InChI is InChI=1S/C29H34O10/c1-15-21(22(25(33)36-6)38-16(2)30)27(3,4)26(34)29(35,23(15)32)13-17-8-7-10-28(5)19(17)12-20(31)39-24(28)18-9-11-37-14-18/h8-9,11-12,14-15,21-22,24,35H,7,10,13H2,1-6H3/t15-,21-,22+,24-,28+,29-/m0/s1. The molecule has 0 radical (unpaired) electrons. The molecule has 1 aliphatic heterocycles. The van der Waals surface area contributed by atoms with E-state index in [0.29, 0.717) is 29.6 Å². The van der Waals surface area contributed by atoms with Crippen molar-refractivity contribution in [2.45, 2.75) is 71.7 Å². The molecule has 1 saturated carbocycles. The summed E-state index contributed by atoms with van der Waals surface area (Å²) in [6.45, 7) is 7.57. The summed E-state index contributed by atoms with van der Waals surface area (Å²) in [5, 5.41) is 11.8. The molecule has 10 nitrogen and oxygen atoms in total. The lowest BCUT2D eigenvalue weighted by molar-refractivity contribution is -0.188. The number of allylic oxidation sites excluding steroid dienone is 1. The highest BCUT2D eigenvalue weighted by Gasteiger charge is 2.64. The second-order valence-electron chi connectivity index (χ2n) is 11.4. The van der Waals surface area contributed by atoms with Gasteiger partial charge in [-0.1, -0.05) is 33.8 Å². The number of rotatable bonds is 6. The van der Waals surface area contributed by atoms with E-state index in [0.717, 1.165) is 14.0 Å². The molecule has 1 aromatic heterocycles.